The molecule has 0 aromatic carbocycles. The Morgan fingerprint density at radius 1 is 1.22 bits per heavy atom. The largest absolute Gasteiger partial charge is 0.311 e. The van der Waals surface area contributed by atoms with Crippen LogP contribution in [-0.4, -0.2) is 12.6 Å². The van der Waals surface area contributed by atoms with Crippen molar-refractivity contribution in [3.63, 3.8) is 0 Å². The minimum absolute atomic E-state index is 0.884. The highest BCUT2D eigenvalue weighted by molar-refractivity contribution is 4.80. The van der Waals surface area contributed by atoms with Crippen molar-refractivity contribution >= 4 is 0 Å². The van der Waals surface area contributed by atoms with Gasteiger partial charge in [-0.25, -0.2) is 0 Å². The normalized spacial score (nSPS) is 22.3. The molecule has 0 radical (unpaired) electrons. The van der Waals surface area contributed by atoms with Gasteiger partial charge >= 0.3 is 0 Å². The molecule has 0 aliphatic carbocycles. The summed E-state index contributed by atoms with van der Waals surface area (Å²) < 4.78 is 0. The van der Waals surface area contributed by atoms with Crippen molar-refractivity contribution in [1.82, 2.24) is 5.32 Å². The quantitative estimate of drug-likeness (QED) is 0.567. The van der Waals surface area contributed by atoms with E-state index in [0.29, 0.717) is 0 Å². The van der Waals surface area contributed by atoms with Gasteiger partial charge < -0.3 is 5.32 Å². The zero-order chi connectivity index (χ0) is 7.11. The molecule has 1 fully saturated rings. The van der Waals surface area contributed by atoms with Crippen LogP contribution in [0.25, 0.3) is 0 Å². The van der Waals surface area contributed by atoms with Crippen LogP contribution < -0.4 is 5.32 Å². The highest BCUT2D eigenvalue weighted by Gasteiger charge is 2.15. The minimum Gasteiger partial charge on any atom is -0.311 e. The summed E-state index contributed by atoms with van der Waals surface area (Å²) in [6.45, 7) is 7.82. The molecule has 1 rings (SSSR count). The van der Waals surface area contributed by atoms with Gasteiger partial charge in [-0.1, -0.05) is 33.6 Å². The Kier molecular flexibility index (Phi) is 6.06. The summed E-state index contributed by atoms with van der Waals surface area (Å²) in [4.78, 5) is 0. The molecule has 0 saturated carbocycles. The number of hydrogen-bond donors (Lipinski definition) is 1. The molecule has 1 heterocycles. The fourth-order valence-corrected chi connectivity index (χ4v) is 0.372. The third kappa shape index (κ3) is 7.96. The molecule has 1 atom stereocenters. The van der Waals surface area contributed by atoms with Gasteiger partial charge in [-0.05, 0) is 6.42 Å². The summed E-state index contributed by atoms with van der Waals surface area (Å²) in [5, 5.41) is 3.18. The average molecular weight is 129 g/mol. The molecular weight excluding hydrogens is 110 g/mol. The van der Waals surface area contributed by atoms with Gasteiger partial charge in [0.05, 0.1) is 0 Å². The molecule has 1 nitrogen and oxygen atoms in total. The summed E-state index contributed by atoms with van der Waals surface area (Å²) in [5.74, 6) is 0. The Morgan fingerprint density at radius 2 is 1.67 bits per heavy atom. The topological polar surface area (TPSA) is 21.9 Å². The van der Waals surface area contributed by atoms with E-state index in [1.165, 1.54) is 25.8 Å². The molecule has 0 aromatic rings. The van der Waals surface area contributed by atoms with Crippen molar-refractivity contribution in [3.05, 3.63) is 0 Å². The first-order valence-electron chi connectivity index (χ1n) is 4.08. The van der Waals surface area contributed by atoms with Gasteiger partial charge in [-0.2, -0.15) is 0 Å². The SMILES string of the molecule is CCC1CN1.CCCC. The maximum atomic E-state index is 3.18. The monoisotopic (exact) mass is 129 g/mol. The fourth-order valence-electron chi connectivity index (χ4n) is 0.372. The van der Waals surface area contributed by atoms with E-state index in [1.54, 1.807) is 0 Å². The second kappa shape index (κ2) is 6.09. The summed E-state index contributed by atoms with van der Waals surface area (Å²) in [6.07, 6.45) is 3.94. The lowest BCUT2D eigenvalue weighted by Crippen LogP contribution is -1.81. The van der Waals surface area contributed by atoms with Gasteiger partial charge in [0.1, 0.15) is 0 Å². The number of nitrogens with one attached hydrogen (secondary N) is 1. The lowest BCUT2D eigenvalue weighted by Gasteiger charge is -1.71. The molecule has 1 aliphatic heterocycles. The van der Waals surface area contributed by atoms with Gasteiger partial charge in [0.15, 0.2) is 0 Å². The van der Waals surface area contributed by atoms with Gasteiger partial charge in [0, 0.05) is 12.6 Å². The van der Waals surface area contributed by atoms with Gasteiger partial charge in [-0.15, -0.1) is 0 Å². The van der Waals surface area contributed by atoms with E-state index in [1.807, 2.05) is 0 Å². The van der Waals surface area contributed by atoms with Crippen LogP contribution in [0, 0.1) is 0 Å². The Morgan fingerprint density at radius 3 is 1.67 bits per heavy atom. The van der Waals surface area contributed by atoms with Crippen LogP contribution in [0.1, 0.15) is 40.0 Å². The molecule has 0 bridgehead atoms. The van der Waals surface area contributed by atoms with Gasteiger partial charge in [0.25, 0.3) is 0 Å². The Hall–Kier alpha value is -0.0400. The molecule has 1 aliphatic rings. The second-order valence-electron chi connectivity index (χ2n) is 2.51. The zero-order valence-electron chi connectivity index (χ0n) is 6.91. The first kappa shape index (κ1) is 8.96. The lowest BCUT2D eigenvalue weighted by atomic mass is 10.4. The van der Waals surface area contributed by atoms with Crippen LogP contribution in [0.15, 0.2) is 0 Å². The molecular formula is C8H19N. The van der Waals surface area contributed by atoms with Crippen molar-refractivity contribution in [3.8, 4) is 0 Å². The van der Waals surface area contributed by atoms with Crippen molar-refractivity contribution in [1.29, 1.82) is 0 Å². The van der Waals surface area contributed by atoms with E-state index >= 15 is 0 Å². The molecule has 56 valence electrons. The predicted octanol–water partition coefficient (Wildman–Crippen LogP) is 2.17. The maximum Gasteiger partial charge on any atom is 0.0190 e. The van der Waals surface area contributed by atoms with Crippen molar-refractivity contribution in [2.24, 2.45) is 0 Å². The molecule has 1 saturated heterocycles. The highest BCUT2D eigenvalue weighted by atomic mass is 15.1. The van der Waals surface area contributed by atoms with Crippen LogP contribution >= 0.6 is 0 Å². The fraction of sp³-hybridized carbons (Fsp3) is 1.00. The Balaban J connectivity index is 0.000000148. The van der Waals surface area contributed by atoms with E-state index < -0.39 is 0 Å². The third-order valence-corrected chi connectivity index (χ3v) is 1.49. The number of hydrogen-bond acceptors (Lipinski definition) is 1. The van der Waals surface area contributed by atoms with Crippen LogP contribution in [0.2, 0.25) is 0 Å². The number of unbranched alkanes of at least 4 members (excludes halogenated alkanes) is 1. The molecule has 1 unspecified atom stereocenters. The highest BCUT2D eigenvalue weighted by Crippen LogP contribution is 1.98. The molecule has 0 aromatic heterocycles. The standard InChI is InChI=1S/C4H9N.C4H10/c1-2-4-3-5-4;1-3-4-2/h4-5H,2-3H2,1H3;3-4H2,1-2H3. The first-order chi connectivity index (χ1) is 4.35. The predicted molar refractivity (Wildman–Crippen MR) is 42.7 cm³/mol. The summed E-state index contributed by atoms with van der Waals surface area (Å²) in [5.41, 5.74) is 0. The number of rotatable bonds is 2. The Bertz CT molecular complexity index is 46.5. The van der Waals surface area contributed by atoms with Crippen molar-refractivity contribution in [2.75, 3.05) is 6.54 Å². The van der Waals surface area contributed by atoms with E-state index in [-0.39, 0.29) is 0 Å². The maximum absolute atomic E-state index is 3.18. The third-order valence-electron chi connectivity index (χ3n) is 1.49. The van der Waals surface area contributed by atoms with Crippen molar-refractivity contribution < 1.29 is 0 Å². The van der Waals surface area contributed by atoms with Crippen LogP contribution in [0.4, 0.5) is 0 Å². The van der Waals surface area contributed by atoms with Crippen LogP contribution in [0.3, 0.4) is 0 Å². The van der Waals surface area contributed by atoms with Gasteiger partial charge in [-0.3, -0.25) is 0 Å². The van der Waals surface area contributed by atoms with E-state index in [2.05, 4.69) is 26.1 Å². The minimum atomic E-state index is 0.884. The second-order valence-corrected chi connectivity index (χ2v) is 2.51. The van der Waals surface area contributed by atoms with Crippen LogP contribution in [-0.2, 0) is 0 Å². The van der Waals surface area contributed by atoms with E-state index in [9.17, 15) is 0 Å². The summed E-state index contributed by atoms with van der Waals surface area (Å²) in [7, 11) is 0. The first-order valence-corrected chi connectivity index (χ1v) is 4.08. The summed E-state index contributed by atoms with van der Waals surface area (Å²) in [6, 6.07) is 0.884. The molecule has 1 N–H and O–H groups in total. The molecule has 0 spiro atoms. The van der Waals surface area contributed by atoms with E-state index in [0.717, 1.165) is 6.04 Å². The van der Waals surface area contributed by atoms with Crippen molar-refractivity contribution in [2.45, 2.75) is 46.1 Å². The zero-order valence-corrected chi connectivity index (χ0v) is 6.91. The molecule has 9 heavy (non-hydrogen) atoms. The van der Waals surface area contributed by atoms with Crippen LogP contribution in [0.5, 0.6) is 0 Å². The van der Waals surface area contributed by atoms with E-state index in [4.69, 9.17) is 0 Å². The molecule has 1 heteroatoms. The summed E-state index contributed by atoms with van der Waals surface area (Å²) >= 11 is 0. The average Bonchev–Trinajstić information content (AvgIpc) is 2.70. The smallest absolute Gasteiger partial charge is 0.0190 e. The molecule has 0 amide bonds. The Labute approximate surface area is 58.8 Å². The lowest BCUT2D eigenvalue weighted by molar-refractivity contribution is 0.886. The van der Waals surface area contributed by atoms with Gasteiger partial charge in [0.2, 0.25) is 0 Å².